The molecular formula is C22H21Cl2N5O2. The highest BCUT2D eigenvalue weighted by Gasteiger charge is 2.41. The molecule has 0 saturated heterocycles. The highest BCUT2D eigenvalue weighted by molar-refractivity contribution is 6.45. The van der Waals surface area contributed by atoms with E-state index in [-0.39, 0.29) is 5.69 Å². The number of carbonyl (C=O) groups excluding carboxylic acids is 1. The lowest BCUT2D eigenvalue weighted by Crippen LogP contribution is -2.58. The Morgan fingerprint density at radius 3 is 2.26 bits per heavy atom. The number of alkyl halides is 2. The van der Waals surface area contributed by atoms with E-state index >= 15 is 0 Å². The van der Waals surface area contributed by atoms with Gasteiger partial charge in [-0.05, 0) is 38.1 Å². The quantitative estimate of drug-likeness (QED) is 0.436. The molecule has 1 aromatic heterocycles. The van der Waals surface area contributed by atoms with Crippen LogP contribution in [0.5, 0.6) is 0 Å². The van der Waals surface area contributed by atoms with Gasteiger partial charge in [-0.3, -0.25) is 14.3 Å². The van der Waals surface area contributed by atoms with E-state index in [9.17, 15) is 14.9 Å². The topological polar surface area (TPSA) is 91.8 Å². The number of aryl methyl sites for hydroxylation is 1. The number of aromatic nitrogens is 2. The molecule has 1 atom stereocenters. The second-order valence-corrected chi connectivity index (χ2v) is 8.20. The number of nitrogens with zero attached hydrogens (tertiary/aromatic N) is 3. The maximum absolute atomic E-state index is 13.2. The van der Waals surface area contributed by atoms with Crippen LogP contribution in [0.4, 0.5) is 5.69 Å². The number of rotatable bonds is 6. The zero-order valence-corrected chi connectivity index (χ0v) is 18.7. The van der Waals surface area contributed by atoms with Gasteiger partial charge >= 0.3 is 0 Å². The first kappa shape index (κ1) is 22.5. The first-order valence-corrected chi connectivity index (χ1v) is 10.3. The van der Waals surface area contributed by atoms with E-state index in [4.69, 9.17) is 23.2 Å². The standard InChI is InChI=1S/C22H21Cl2N5O2/c1-14-9-11-16(12-10-14)19(30)27-22(13-25,21(23)24)26-18-15(2)28(3)29(20(18)31)17-7-5-4-6-8-17/h4-12,21,26H,1-3H3,(H,27,30)/t22-/m0/s1. The first-order valence-electron chi connectivity index (χ1n) is 9.41. The molecule has 2 N–H and O–H groups in total. The Morgan fingerprint density at radius 1 is 1.10 bits per heavy atom. The zero-order valence-electron chi connectivity index (χ0n) is 17.2. The molecule has 0 aliphatic carbocycles. The molecule has 0 radical (unpaired) electrons. The first-order chi connectivity index (χ1) is 14.7. The summed E-state index contributed by atoms with van der Waals surface area (Å²) >= 11 is 12.3. The van der Waals surface area contributed by atoms with Crippen LogP contribution in [-0.2, 0) is 7.05 Å². The van der Waals surface area contributed by atoms with Crippen LogP contribution >= 0.6 is 23.2 Å². The molecule has 31 heavy (non-hydrogen) atoms. The van der Waals surface area contributed by atoms with Gasteiger partial charge in [0.25, 0.3) is 11.5 Å². The molecular weight excluding hydrogens is 437 g/mol. The van der Waals surface area contributed by atoms with Crippen molar-refractivity contribution in [3.8, 4) is 11.8 Å². The Bertz CT molecular complexity index is 1190. The molecule has 0 bridgehead atoms. The third-order valence-corrected chi connectivity index (χ3v) is 5.66. The number of benzene rings is 2. The van der Waals surface area contributed by atoms with Crippen LogP contribution in [0.15, 0.2) is 59.4 Å². The SMILES string of the molecule is Cc1ccc(C(=O)N[C@](C#N)(Nc2c(C)n(C)n(-c3ccccc3)c2=O)C(Cl)Cl)cc1. The van der Waals surface area contributed by atoms with Gasteiger partial charge in [0.1, 0.15) is 11.8 Å². The highest BCUT2D eigenvalue weighted by Crippen LogP contribution is 2.25. The highest BCUT2D eigenvalue weighted by atomic mass is 35.5. The maximum Gasteiger partial charge on any atom is 0.295 e. The number of para-hydroxylation sites is 1. The van der Waals surface area contributed by atoms with Gasteiger partial charge in [0.15, 0.2) is 4.84 Å². The number of hydrogen-bond donors (Lipinski definition) is 2. The molecule has 0 aliphatic rings. The van der Waals surface area contributed by atoms with E-state index in [2.05, 4.69) is 10.6 Å². The number of halogens is 2. The summed E-state index contributed by atoms with van der Waals surface area (Å²) in [5.41, 5.74) is 0.235. The molecule has 3 rings (SSSR count). The van der Waals surface area contributed by atoms with E-state index in [1.54, 1.807) is 55.1 Å². The predicted octanol–water partition coefficient (Wildman–Crippen LogP) is 3.66. The maximum atomic E-state index is 13.2. The smallest absolute Gasteiger partial charge is 0.295 e. The Morgan fingerprint density at radius 2 is 1.71 bits per heavy atom. The third kappa shape index (κ3) is 4.31. The number of carbonyl (C=O) groups is 1. The summed E-state index contributed by atoms with van der Waals surface area (Å²) in [6.07, 6.45) is 0. The summed E-state index contributed by atoms with van der Waals surface area (Å²) in [4.78, 5) is 24.6. The van der Waals surface area contributed by atoms with Crippen LogP contribution in [0.3, 0.4) is 0 Å². The minimum absolute atomic E-state index is 0.100. The summed E-state index contributed by atoms with van der Waals surface area (Å²) < 4.78 is 3.08. The Labute approximate surface area is 189 Å². The van der Waals surface area contributed by atoms with Crippen LogP contribution in [0.25, 0.3) is 5.69 Å². The fourth-order valence-electron chi connectivity index (χ4n) is 3.11. The summed E-state index contributed by atoms with van der Waals surface area (Å²) in [5, 5.41) is 15.3. The Hall–Kier alpha value is -3.21. The largest absolute Gasteiger partial charge is 0.343 e. The lowest BCUT2D eigenvalue weighted by Gasteiger charge is -2.30. The predicted molar refractivity (Wildman–Crippen MR) is 122 cm³/mol. The Kier molecular flexibility index (Phi) is 6.44. The normalized spacial score (nSPS) is 12.8. The van der Waals surface area contributed by atoms with Crippen LogP contribution < -0.4 is 16.2 Å². The van der Waals surface area contributed by atoms with Gasteiger partial charge in [-0.15, -0.1) is 0 Å². The van der Waals surface area contributed by atoms with Crippen molar-refractivity contribution >= 4 is 34.8 Å². The molecule has 3 aromatic rings. The van der Waals surface area contributed by atoms with Crippen molar-refractivity contribution in [2.45, 2.75) is 24.3 Å². The van der Waals surface area contributed by atoms with Gasteiger partial charge in [0.05, 0.1) is 11.4 Å². The second kappa shape index (κ2) is 8.88. The van der Waals surface area contributed by atoms with E-state index < -0.39 is 22.0 Å². The lowest BCUT2D eigenvalue weighted by molar-refractivity contribution is 0.0929. The molecule has 1 amide bonds. The van der Waals surface area contributed by atoms with Gasteiger partial charge in [-0.1, -0.05) is 59.1 Å². The van der Waals surface area contributed by atoms with Crippen LogP contribution in [-0.4, -0.2) is 25.8 Å². The molecule has 0 spiro atoms. The van der Waals surface area contributed by atoms with E-state index in [1.807, 2.05) is 31.2 Å². The molecule has 0 fully saturated rings. The van der Waals surface area contributed by atoms with Crippen molar-refractivity contribution in [3.63, 3.8) is 0 Å². The summed E-state index contributed by atoms with van der Waals surface area (Å²) in [6, 6.07) is 17.8. The second-order valence-electron chi connectivity index (χ2n) is 7.10. The number of hydrogen-bond acceptors (Lipinski definition) is 4. The monoisotopic (exact) mass is 457 g/mol. The fourth-order valence-corrected chi connectivity index (χ4v) is 3.43. The average Bonchev–Trinajstić information content (AvgIpc) is 2.96. The molecule has 160 valence electrons. The zero-order chi connectivity index (χ0) is 22.8. The number of nitrogens with one attached hydrogen (secondary N) is 2. The van der Waals surface area contributed by atoms with Gasteiger partial charge < -0.3 is 10.6 Å². The fraction of sp³-hybridized carbons (Fsp3) is 0.227. The molecule has 0 unspecified atom stereocenters. The lowest BCUT2D eigenvalue weighted by atomic mass is 10.1. The summed E-state index contributed by atoms with van der Waals surface area (Å²) in [5.74, 6) is -0.558. The van der Waals surface area contributed by atoms with Crippen molar-refractivity contribution in [2.24, 2.45) is 7.05 Å². The third-order valence-electron chi connectivity index (χ3n) is 5.00. The minimum atomic E-state index is -1.94. The van der Waals surface area contributed by atoms with Crippen LogP contribution in [0.2, 0.25) is 0 Å². The van der Waals surface area contributed by atoms with Crippen LogP contribution in [0.1, 0.15) is 21.6 Å². The van der Waals surface area contributed by atoms with Gasteiger partial charge in [-0.2, -0.15) is 5.26 Å². The molecule has 1 heterocycles. The molecule has 0 saturated carbocycles. The van der Waals surface area contributed by atoms with Crippen molar-refractivity contribution < 1.29 is 4.79 Å². The minimum Gasteiger partial charge on any atom is -0.343 e. The van der Waals surface area contributed by atoms with E-state index in [0.717, 1.165) is 5.56 Å². The Balaban J connectivity index is 2.02. The number of amides is 1. The summed E-state index contributed by atoms with van der Waals surface area (Å²) in [6.45, 7) is 3.61. The van der Waals surface area contributed by atoms with Crippen molar-refractivity contribution in [2.75, 3.05) is 5.32 Å². The molecule has 2 aromatic carbocycles. The van der Waals surface area contributed by atoms with Gasteiger partial charge in [-0.25, -0.2) is 4.68 Å². The van der Waals surface area contributed by atoms with Crippen molar-refractivity contribution in [1.82, 2.24) is 14.7 Å². The molecule has 0 aliphatic heterocycles. The number of anilines is 1. The van der Waals surface area contributed by atoms with Crippen molar-refractivity contribution in [3.05, 3.63) is 81.8 Å². The molecule has 9 heteroatoms. The van der Waals surface area contributed by atoms with Gasteiger partial charge in [0, 0.05) is 12.6 Å². The average molecular weight is 458 g/mol. The molecule has 7 nitrogen and oxygen atoms in total. The van der Waals surface area contributed by atoms with Crippen LogP contribution in [0, 0.1) is 25.2 Å². The van der Waals surface area contributed by atoms with E-state index in [1.165, 1.54) is 4.68 Å². The van der Waals surface area contributed by atoms with E-state index in [0.29, 0.717) is 16.9 Å². The van der Waals surface area contributed by atoms with Crippen molar-refractivity contribution in [1.29, 1.82) is 5.26 Å². The summed E-state index contributed by atoms with van der Waals surface area (Å²) in [7, 11) is 1.72. The van der Waals surface area contributed by atoms with Gasteiger partial charge in [0.2, 0.25) is 5.66 Å². The number of nitriles is 1.